The van der Waals surface area contributed by atoms with Gasteiger partial charge in [0.05, 0.1) is 12.6 Å². The van der Waals surface area contributed by atoms with E-state index in [0.717, 1.165) is 25.5 Å². The zero-order chi connectivity index (χ0) is 12.3. The van der Waals surface area contributed by atoms with Crippen LogP contribution in [-0.2, 0) is 9.47 Å². The third-order valence-electron chi connectivity index (χ3n) is 3.35. The first-order valence-electron chi connectivity index (χ1n) is 6.50. The zero-order valence-corrected chi connectivity index (χ0v) is 11.5. The molecule has 1 saturated heterocycles. The van der Waals surface area contributed by atoms with Crippen LogP contribution in [0, 0.1) is 0 Å². The Kier molecular flexibility index (Phi) is 4.70. The van der Waals surface area contributed by atoms with E-state index in [2.05, 4.69) is 22.5 Å². The van der Waals surface area contributed by atoms with Crippen molar-refractivity contribution >= 4 is 18.5 Å². The third-order valence-corrected chi connectivity index (χ3v) is 3.72. The molecule has 0 N–H and O–H groups in total. The Balaban J connectivity index is 2.19. The van der Waals surface area contributed by atoms with E-state index < -0.39 is 0 Å². The van der Waals surface area contributed by atoms with Gasteiger partial charge in [0, 0.05) is 18.9 Å². The predicted molar refractivity (Wildman–Crippen MR) is 71.8 cm³/mol. The van der Waals surface area contributed by atoms with Crippen LogP contribution in [0.25, 0.3) is 0 Å². The van der Waals surface area contributed by atoms with Crippen molar-refractivity contribution in [2.24, 2.45) is 4.99 Å². The Morgan fingerprint density at radius 3 is 2.88 bits per heavy atom. The molecule has 0 bridgehead atoms. The summed E-state index contributed by atoms with van der Waals surface area (Å²) in [4.78, 5) is 7.08. The second-order valence-corrected chi connectivity index (χ2v) is 4.76. The van der Waals surface area contributed by atoms with Crippen LogP contribution < -0.4 is 0 Å². The molecule has 4 nitrogen and oxygen atoms in total. The summed E-state index contributed by atoms with van der Waals surface area (Å²) in [6.45, 7) is 6.51. The number of hydrogen-bond acceptors (Lipinski definition) is 5. The van der Waals surface area contributed by atoms with Crippen molar-refractivity contribution in [1.82, 2.24) is 4.90 Å². The van der Waals surface area contributed by atoms with Gasteiger partial charge in [-0.3, -0.25) is 4.90 Å². The van der Waals surface area contributed by atoms with E-state index >= 15 is 0 Å². The quantitative estimate of drug-likeness (QED) is 0.777. The van der Waals surface area contributed by atoms with Crippen LogP contribution in [0.4, 0.5) is 0 Å². The summed E-state index contributed by atoms with van der Waals surface area (Å²) in [5.74, 6) is 1.59. The van der Waals surface area contributed by atoms with E-state index in [1.165, 1.54) is 6.42 Å². The van der Waals surface area contributed by atoms with Gasteiger partial charge in [0.2, 0.25) is 5.90 Å². The largest absolute Gasteiger partial charge is 0.480 e. The molecule has 0 aromatic heterocycles. The highest BCUT2D eigenvalue weighted by atomic mass is 32.1. The van der Waals surface area contributed by atoms with E-state index in [9.17, 15) is 0 Å². The first-order chi connectivity index (χ1) is 8.31. The first-order valence-corrected chi connectivity index (χ1v) is 7.13. The monoisotopic (exact) mass is 258 g/mol. The van der Waals surface area contributed by atoms with Gasteiger partial charge in [-0.05, 0) is 26.7 Å². The molecule has 1 unspecified atom stereocenters. The molecular weight excluding hydrogens is 236 g/mol. The van der Waals surface area contributed by atoms with Gasteiger partial charge in [-0.15, -0.1) is 0 Å². The number of rotatable bonds is 4. The minimum atomic E-state index is 0.0780. The lowest BCUT2D eigenvalue weighted by Crippen LogP contribution is -2.55. The fraction of sp³-hybridized carbons (Fsp3) is 0.917. The molecule has 0 amide bonds. The van der Waals surface area contributed by atoms with Gasteiger partial charge in [0.1, 0.15) is 12.3 Å². The molecule has 0 aromatic carbocycles. The molecule has 0 radical (unpaired) electrons. The second kappa shape index (κ2) is 6.07. The average molecular weight is 258 g/mol. The van der Waals surface area contributed by atoms with Crippen LogP contribution in [0.15, 0.2) is 4.99 Å². The van der Waals surface area contributed by atoms with Crippen LogP contribution in [0.2, 0.25) is 0 Å². The summed E-state index contributed by atoms with van der Waals surface area (Å²) < 4.78 is 11.5. The Labute approximate surface area is 109 Å². The fourth-order valence-electron chi connectivity index (χ4n) is 2.68. The molecule has 0 aromatic rings. The van der Waals surface area contributed by atoms with Crippen LogP contribution in [-0.4, -0.2) is 54.6 Å². The van der Waals surface area contributed by atoms with E-state index in [0.29, 0.717) is 18.4 Å². The molecule has 0 aliphatic carbocycles. The third kappa shape index (κ3) is 2.61. The maximum atomic E-state index is 5.84. The Hall–Kier alpha value is -0.260. The number of fused-ring (bicyclic) bond motifs is 1. The zero-order valence-electron chi connectivity index (χ0n) is 10.6. The van der Waals surface area contributed by atoms with E-state index in [-0.39, 0.29) is 12.3 Å². The van der Waals surface area contributed by atoms with Crippen molar-refractivity contribution in [1.29, 1.82) is 0 Å². The van der Waals surface area contributed by atoms with Crippen molar-refractivity contribution in [3.63, 3.8) is 0 Å². The molecule has 3 atom stereocenters. The lowest BCUT2D eigenvalue weighted by Gasteiger charge is -2.39. The Morgan fingerprint density at radius 1 is 1.41 bits per heavy atom. The summed E-state index contributed by atoms with van der Waals surface area (Å²) in [5, 5.41) is 0. The lowest BCUT2D eigenvalue weighted by atomic mass is 10.1. The predicted octanol–water partition coefficient (Wildman–Crippen LogP) is 1.56. The highest BCUT2D eigenvalue weighted by Crippen LogP contribution is 2.29. The molecule has 17 heavy (non-hydrogen) atoms. The molecule has 2 aliphatic rings. The SMILES string of the molecule is CCOC1=N[C@@H](CS)C(OCC)N2CCC[C@H]12. The van der Waals surface area contributed by atoms with Gasteiger partial charge < -0.3 is 9.47 Å². The standard InChI is InChI=1S/C12H22N2O2S/c1-3-15-11-10-6-5-7-14(10)12(16-4-2)9(8-17)13-11/h9-10,12,17H,3-8H2,1-2H3/t9-,10+,12?/m0/s1. The maximum Gasteiger partial charge on any atom is 0.201 e. The van der Waals surface area contributed by atoms with Gasteiger partial charge >= 0.3 is 0 Å². The minimum absolute atomic E-state index is 0.0780. The van der Waals surface area contributed by atoms with Gasteiger partial charge in [-0.2, -0.15) is 12.6 Å². The molecule has 1 fully saturated rings. The van der Waals surface area contributed by atoms with Crippen molar-refractivity contribution in [3.05, 3.63) is 0 Å². The second-order valence-electron chi connectivity index (χ2n) is 4.39. The van der Waals surface area contributed by atoms with Gasteiger partial charge in [-0.25, -0.2) is 4.99 Å². The van der Waals surface area contributed by atoms with Crippen molar-refractivity contribution in [2.45, 2.75) is 45.0 Å². The van der Waals surface area contributed by atoms with Crippen LogP contribution in [0.1, 0.15) is 26.7 Å². The van der Waals surface area contributed by atoms with E-state index in [1.807, 2.05) is 13.8 Å². The lowest BCUT2D eigenvalue weighted by molar-refractivity contribution is -0.0715. The van der Waals surface area contributed by atoms with Gasteiger partial charge in [0.25, 0.3) is 0 Å². The van der Waals surface area contributed by atoms with Crippen LogP contribution in [0.5, 0.6) is 0 Å². The summed E-state index contributed by atoms with van der Waals surface area (Å²) in [6, 6.07) is 0.414. The first kappa shape index (κ1) is 13.2. The molecule has 2 rings (SSSR count). The maximum absolute atomic E-state index is 5.84. The Bertz CT molecular complexity index is 286. The summed E-state index contributed by atoms with van der Waals surface area (Å²) in [6.07, 6.45) is 2.40. The number of ether oxygens (including phenoxy) is 2. The van der Waals surface area contributed by atoms with Crippen LogP contribution >= 0.6 is 12.6 Å². The molecule has 2 aliphatic heterocycles. The molecule has 2 heterocycles. The highest BCUT2D eigenvalue weighted by molar-refractivity contribution is 7.80. The van der Waals surface area contributed by atoms with E-state index in [4.69, 9.17) is 9.47 Å². The molecule has 0 spiro atoms. The number of nitrogens with zero attached hydrogens (tertiary/aromatic N) is 2. The molecule has 0 saturated carbocycles. The summed E-state index contributed by atoms with van der Waals surface area (Å²) in [7, 11) is 0. The number of thiol groups is 1. The van der Waals surface area contributed by atoms with E-state index in [1.54, 1.807) is 0 Å². The summed E-state index contributed by atoms with van der Waals surface area (Å²) >= 11 is 4.38. The number of hydrogen-bond donors (Lipinski definition) is 1. The fourth-order valence-corrected chi connectivity index (χ4v) is 2.94. The normalized spacial score (nSPS) is 33.4. The summed E-state index contributed by atoms with van der Waals surface area (Å²) in [5.41, 5.74) is 0. The van der Waals surface area contributed by atoms with Gasteiger partial charge in [0.15, 0.2) is 0 Å². The highest BCUT2D eigenvalue weighted by Gasteiger charge is 2.42. The average Bonchev–Trinajstić information content (AvgIpc) is 2.81. The smallest absolute Gasteiger partial charge is 0.201 e. The topological polar surface area (TPSA) is 34.1 Å². The molecular formula is C12H22N2O2S. The minimum Gasteiger partial charge on any atom is -0.480 e. The van der Waals surface area contributed by atoms with Crippen molar-refractivity contribution in [3.8, 4) is 0 Å². The number of aliphatic imine (C=N–C) groups is 1. The van der Waals surface area contributed by atoms with Crippen molar-refractivity contribution in [2.75, 3.05) is 25.5 Å². The Morgan fingerprint density at radius 2 is 2.24 bits per heavy atom. The molecule has 5 heteroatoms. The van der Waals surface area contributed by atoms with Gasteiger partial charge in [-0.1, -0.05) is 0 Å². The van der Waals surface area contributed by atoms with Crippen LogP contribution in [0.3, 0.4) is 0 Å². The molecule has 98 valence electrons. The van der Waals surface area contributed by atoms with Crippen molar-refractivity contribution < 1.29 is 9.47 Å².